The summed E-state index contributed by atoms with van der Waals surface area (Å²) < 4.78 is 45.0. The van der Waals surface area contributed by atoms with E-state index in [0.717, 1.165) is 23.3 Å². The average molecular weight is 305 g/mol. The summed E-state index contributed by atoms with van der Waals surface area (Å²) in [7, 11) is 0. The number of carbonyl (C=O) groups excluding carboxylic acids is 1. The normalized spacial score (nSPS) is 15.6. The van der Waals surface area contributed by atoms with Crippen LogP contribution in [0.5, 0.6) is 0 Å². The van der Waals surface area contributed by atoms with E-state index in [1.165, 1.54) is 12.4 Å². The number of hydrogen-bond donors (Lipinski definition) is 0. The number of imidazole rings is 1. The molecule has 0 N–H and O–H groups in total. The highest BCUT2D eigenvalue weighted by Crippen LogP contribution is 2.37. The van der Waals surface area contributed by atoms with Crippen LogP contribution in [-0.2, 0) is 10.9 Å². The van der Waals surface area contributed by atoms with Gasteiger partial charge in [-0.25, -0.2) is 9.78 Å². The lowest BCUT2D eigenvalue weighted by Crippen LogP contribution is -2.09. The third-order valence-corrected chi connectivity index (χ3v) is 3.18. The van der Waals surface area contributed by atoms with E-state index < -0.39 is 28.4 Å². The number of esters is 1. The Bertz CT molecular complexity index is 692. The molecule has 20 heavy (non-hydrogen) atoms. The third-order valence-electron chi connectivity index (χ3n) is 2.87. The monoisotopic (exact) mass is 304 g/mol. The van der Waals surface area contributed by atoms with Gasteiger partial charge in [-0.3, -0.25) is 0 Å². The van der Waals surface area contributed by atoms with Crippen molar-refractivity contribution in [1.29, 1.82) is 0 Å². The van der Waals surface area contributed by atoms with Crippen molar-refractivity contribution in [2.24, 2.45) is 0 Å². The van der Waals surface area contributed by atoms with Crippen LogP contribution < -0.4 is 0 Å². The predicted octanol–water partition coefficient (Wildman–Crippen LogP) is 3.33. The van der Waals surface area contributed by atoms with Gasteiger partial charge >= 0.3 is 12.1 Å². The van der Waals surface area contributed by atoms with Gasteiger partial charge in [-0.2, -0.15) is 13.2 Å². The number of hydrogen-bond acceptors (Lipinski definition) is 3. The van der Waals surface area contributed by atoms with Gasteiger partial charge in [0.25, 0.3) is 0 Å². The summed E-state index contributed by atoms with van der Waals surface area (Å²) in [6, 6.07) is 1.11. The van der Waals surface area contributed by atoms with Crippen molar-refractivity contribution in [2.75, 3.05) is 0 Å². The molecule has 0 radical (unpaired) electrons. The standard InChI is InChI=1S/C12H8ClF3N2O2/c13-7-3-4-18-5-8(11(19)20-6-1-2-6)17-10(18)9(7)12(14,15)16/h3-6H,1-2H2. The molecule has 0 atom stereocenters. The topological polar surface area (TPSA) is 43.6 Å². The lowest BCUT2D eigenvalue weighted by Gasteiger charge is -2.09. The van der Waals surface area contributed by atoms with E-state index in [4.69, 9.17) is 16.3 Å². The molecule has 0 aromatic carbocycles. The first kappa shape index (κ1) is 13.2. The van der Waals surface area contributed by atoms with Crippen molar-refractivity contribution >= 4 is 23.2 Å². The van der Waals surface area contributed by atoms with E-state index in [9.17, 15) is 18.0 Å². The van der Waals surface area contributed by atoms with Gasteiger partial charge in [0, 0.05) is 12.4 Å². The first-order valence-corrected chi connectivity index (χ1v) is 6.19. The van der Waals surface area contributed by atoms with E-state index in [1.807, 2.05) is 0 Å². The Labute approximate surface area is 116 Å². The highest BCUT2D eigenvalue weighted by Gasteiger charge is 2.37. The molecule has 1 saturated carbocycles. The lowest BCUT2D eigenvalue weighted by molar-refractivity contribution is -0.136. The zero-order chi connectivity index (χ0) is 14.5. The van der Waals surface area contributed by atoms with Gasteiger partial charge in [-0.15, -0.1) is 0 Å². The van der Waals surface area contributed by atoms with Gasteiger partial charge in [-0.05, 0) is 18.9 Å². The number of carbonyl (C=O) groups is 1. The van der Waals surface area contributed by atoms with Crippen LogP contribution >= 0.6 is 11.6 Å². The third kappa shape index (κ3) is 2.33. The number of ether oxygens (including phenoxy) is 1. The first-order chi connectivity index (χ1) is 9.36. The van der Waals surface area contributed by atoms with Crippen molar-refractivity contribution in [1.82, 2.24) is 9.38 Å². The molecular weight excluding hydrogens is 297 g/mol. The second kappa shape index (κ2) is 4.37. The minimum Gasteiger partial charge on any atom is -0.458 e. The highest BCUT2D eigenvalue weighted by molar-refractivity contribution is 6.31. The number of rotatable bonds is 2. The fourth-order valence-corrected chi connectivity index (χ4v) is 2.03. The summed E-state index contributed by atoms with van der Waals surface area (Å²) in [4.78, 5) is 15.4. The minimum atomic E-state index is -4.65. The molecule has 2 heterocycles. The van der Waals surface area contributed by atoms with E-state index in [-0.39, 0.29) is 11.8 Å². The average Bonchev–Trinajstić information content (AvgIpc) is 3.04. The van der Waals surface area contributed by atoms with Crippen LogP contribution in [-0.4, -0.2) is 21.5 Å². The number of pyridine rings is 1. The largest absolute Gasteiger partial charge is 0.458 e. The van der Waals surface area contributed by atoms with Crippen molar-refractivity contribution in [3.05, 3.63) is 34.7 Å². The van der Waals surface area contributed by atoms with Gasteiger partial charge in [-0.1, -0.05) is 11.6 Å². The van der Waals surface area contributed by atoms with Crippen LogP contribution in [0.1, 0.15) is 28.9 Å². The molecule has 0 saturated heterocycles. The first-order valence-electron chi connectivity index (χ1n) is 5.81. The molecule has 0 aliphatic heterocycles. The quantitative estimate of drug-likeness (QED) is 0.799. The molecule has 4 nitrogen and oxygen atoms in total. The van der Waals surface area contributed by atoms with Gasteiger partial charge in [0.15, 0.2) is 11.3 Å². The lowest BCUT2D eigenvalue weighted by atomic mass is 10.2. The molecule has 1 aliphatic rings. The molecule has 0 unspecified atom stereocenters. The fourth-order valence-electron chi connectivity index (χ4n) is 1.79. The van der Waals surface area contributed by atoms with E-state index in [1.54, 1.807) is 0 Å². The van der Waals surface area contributed by atoms with Gasteiger partial charge in [0.1, 0.15) is 11.7 Å². The van der Waals surface area contributed by atoms with Gasteiger partial charge < -0.3 is 9.14 Å². The fraction of sp³-hybridized carbons (Fsp3) is 0.333. The van der Waals surface area contributed by atoms with Crippen molar-refractivity contribution in [3.63, 3.8) is 0 Å². The Balaban J connectivity index is 2.08. The van der Waals surface area contributed by atoms with Crippen molar-refractivity contribution in [3.8, 4) is 0 Å². The molecule has 8 heteroatoms. The number of alkyl halides is 3. The van der Waals surface area contributed by atoms with Crippen LogP contribution in [0.2, 0.25) is 5.02 Å². The van der Waals surface area contributed by atoms with E-state index in [2.05, 4.69) is 4.98 Å². The Morgan fingerprint density at radius 1 is 1.45 bits per heavy atom. The van der Waals surface area contributed by atoms with E-state index >= 15 is 0 Å². The summed E-state index contributed by atoms with van der Waals surface area (Å²) in [6.45, 7) is 0. The number of nitrogens with zero attached hydrogens (tertiary/aromatic N) is 2. The SMILES string of the molecule is O=C(OC1CC1)c1cn2ccc(Cl)c(C(F)(F)F)c2n1. The molecule has 2 aromatic rings. The molecule has 0 amide bonds. The second-order valence-electron chi connectivity index (χ2n) is 4.50. The summed E-state index contributed by atoms with van der Waals surface area (Å²) in [5.41, 5.74) is -1.63. The van der Waals surface area contributed by atoms with E-state index in [0.29, 0.717) is 0 Å². The maximum absolute atomic E-state index is 13.0. The molecule has 3 rings (SSSR count). The second-order valence-corrected chi connectivity index (χ2v) is 4.91. The molecule has 1 fully saturated rings. The van der Waals surface area contributed by atoms with Crippen LogP contribution in [0.4, 0.5) is 13.2 Å². The molecule has 0 bridgehead atoms. The highest BCUT2D eigenvalue weighted by atomic mass is 35.5. The Hall–Kier alpha value is -1.76. The molecule has 1 aliphatic carbocycles. The smallest absolute Gasteiger partial charge is 0.421 e. The summed E-state index contributed by atoms with van der Waals surface area (Å²) in [5, 5.41) is -0.460. The number of halogens is 4. The van der Waals surface area contributed by atoms with Gasteiger partial charge in [0.05, 0.1) is 5.02 Å². The van der Waals surface area contributed by atoms with Crippen LogP contribution in [0.3, 0.4) is 0 Å². The zero-order valence-electron chi connectivity index (χ0n) is 9.95. The zero-order valence-corrected chi connectivity index (χ0v) is 10.7. The molecule has 106 valence electrons. The van der Waals surface area contributed by atoms with Crippen LogP contribution in [0.25, 0.3) is 5.65 Å². The predicted molar refractivity (Wildman–Crippen MR) is 63.6 cm³/mol. The summed E-state index contributed by atoms with van der Waals surface area (Å²) in [5.74, 6) is -0.722. The van der Waals surface area contributed by atoms with Crippen LogP contribution in [0, 0.1) is 0 Å². The maximum Gasteiger partial charge on any atom is 0.421 e. The summed E-state index contributed by atoms with van der Waals surface area (Å²) >= 11 is 5.58. The van der Waals surface area contributed by atoms with Crippen molar-refractivity contribution in [2.45, 2.75) is 25.1 Å². The number of fused-ring (bicyclic) bond motifs is 1. The van der Waals surface area contributed by atoms with Crippen molar-refractivity contribution < 1.29 is 22.7 Å². The Morgan fingerprint density at radius 2 is 2.15 bits per heavy atom. The number of aromatic nitrogens is 2. The Kier molecular flexibility index (Phi) is 2.89. The minimum absolute atomic E-state index is 0.141. The molecular formula is C12H8ClF3N2O2. The van der Waals surface area contributed by atoms with Gasteiger partial charge in [0.2, 0.25) is 0 Å². The summed E-state index contributed by atoms with van der Waals surface area (Å²) in [6.07, 6.45) is -0.725. The van der Waals surface area contributed by atoms with Crippen LogP contribution in [0.15, 0.2) is 18.5 Å². The Morgan fingerprint density at radius 3 is 2.75 bits per heavy atom. The maximum atomic E-state index is 13.0. The molecule has 2 aromatic heterocycles. The molecule has 0 spiro atoms.